The molecule has 166 valence electrons. The summed E-state index contributed by atoms with van der Waals surface area (Å²) >= 11 is 0. The van der Waals surface area contributed by atoms with Gasteiger partial charge in [-0.1, -0.05) is 30.3 Å². The van der Waals surface area contributed by atoms with Crippen LogP contribution in [-0.2, 0) is 6.42 Å². The Balaban J connectivity index is 1.35. The van der Waals surface area contributed by atoms with Crippen molar-refractivity contribution in [2.45, 2.75) is 6.42 Å². The molecule has 0 aliphatic carbocycles. The zero-order chi connectivity index (χ0) is 22.6. The third kappa shape index (κ3) is 4.39. The van der Waals surface area contributed by atoms with Crippen molar-refractivity contribution in [3.63, 3.8) is 0 Å². The Kier molecular flexibility index (Phi) is 5.68. The molecule has 2 heterocycles. The fourth-order valence-corrected chi connectivity index (χ4v) is 3.67. The Labute approximate surface area is 190 Å². The van der Waals surface area contributed by atoms with Gasteiger partial charge in [0.2, 0.25) is 0 Å². The number of pyridine rings is 1. The average Bonchev–Trinajstić information content (AvgIpc) is 3.26. The van der Waals surface area contributed by atoms with E-state index in [1.54, 1.807) is 20.4 Å². The number of methoxy groups -OCH3 is 2. The van der Waals surface area contributed by atoms with Gasteiger partial charge >= 0.3 is 0 Å². The van der Waals surface area contributed by atoms with Gasteiger partial charge in [-0.25, -0.2) is 0 Å². The van der Waals surface area contributed by atoms with E-state index < -0.39 is 0 Å². The highest BCUT2D eigenvalue weighted by molar-refractivity contribution is 5.88. The Morgan fingerprint density at radius 2 is 1.67 bits per heavy atom. The SMILES string of the molecule is COc1cc2nccc(Oc3ccc4nc(NCCc5ccccc5)oc4c3)c2cc1OC. The van der Waals surface area contributed by atoms with Crippen molar-refractivity contribution in [2.75, 3.05) is 26.1 Å². The molecule has 2 aromatic heterocycles. The number of anilines is 1. The minimum atomic E-state index is 0.490. The lowest BCUT2D eigenvalue weighted by molar-refractivity contribution is 0.355. The number of aromatic nitrogens is 2. The first kappa shape index (κ1) is 20.6. The Hall–Kier alpha value is -4.26. The summed E-state index contributed by atoms with van der Waals surface area (Å²) in [4.78, 5) is 8.93. The van der Waals surface area contributed by atoms with Crippen LogP contribution in [0.25, 0.3) is 22.0 Å². The van der Waals surface area contributed by atoms with Gasteiger partial charge in [0, 0.05) is 30.3 Å². The number of oxazole rings is 1. The first-order valence-electron chi connectivity index (χ1n) is 10.6. The Morgan fingerprint density at radius 1 is 0.848 bits per heavy atom. The van der Waals surface area contributed by atoms with Crippen molar-refractivity contribution in [3.05, 3.63) is 78.5 Å². The number of benzene rings is 3. The standard InChI is InChI=1S/C26H23N3O4/c1-30-24-15-19-21(16-25(24)31-2)27-13-11-22(19)32-18-8-9-20-23(14-18)33-26(29-20)28-12-10-17-6-4-3-5-7-17/h3-9,11,13-16H,10,12H2,1-2H3,(H,28,29). The van der Waals surface area contributed by atoms with Crippen LogP contribution in [0.5, 0.6) is 23.0 Å². The fourth-order valence-electron chi connectivity index (χ4n) is 3.67. The van der Waals surface area contributed by atoms with Crippen LogP contribution in [-0.4, -0.2) is 30.7 Å². The van der Waals surface area contributed by atoms with Crippen LogP contribution in [0.2, 0.25) is 0 Å². The molecule has 0 aliphatic rings. The van der Waals surface area contributed by atoms with E-state index in [2.05, 4.69) is 27.4 Å². The molecule has 0 atom stereocenters. The monoisotopic (exact) mass is 441 g/mol. The number of hydrogen-bond acceptors (Lipinski definition) is 7. The third-order valence-corrected chi connectivity index (χ3v) is 5.33. The van der Waals surface area contributed by atoms with Crippen LogP contribution >= 0.6 is 0 Å². The largest absolute Gasteiger partial charge is 0.493 e. The molecule has 0 saturated heterocycles. The highest BCUT2D eigenvalue weighted by atomic mass is 16.5. The zero-order valence-corrected chi connectivity index (χ0v) is 18.4. The van der Waals surface area contributed by atoms with Gasteiger partial charge in [-0.05, 0) is 36.2 Å². The smallest absolute Gasteiger partial charge is 0.295 e. The second kappa shape index (κ2) is 9.08. The van der Waals surface area contributed by atoms with Crippen molar-refractivity contribution in [2.24, 2.45) is 0 Å². The summed E-state index contributed by atoms with van der Waals surface area (Å²) in [6, 6.07) is 21.9. The van der Waals surface area contributed by atoms with Crippen LogP contribution in [0.3, 0.4) is 0 Å². The van der Waals surface area contributed by atoms with E-state index in [4.69, 9.17) is 18.6 Å². The zero-order valence-electron chi connectivity index (χ0n) is 18.4. The van der Waals surface area contributed by atoms with Crippen LogP contribution in [0, 0.1) is 0 Å². The molecule has 0 fully saturated rings. The van der Waals surface area contributed by atoms with Gasteiger partial charge in [0.05, 0.1) is 19.7 Å². The summed E-state index contributed by atoms with van der Waals surface area (Å²) in [6.07, 6.45) is 2.59. The maximum absolute atomic E-state index is 6.18. The van der Waals surface area contributed by atoms with Crippen molar-refractivity contribution in [3.8, 4) is 23.0 Å². The van der Waals surface area contributed by atoms with Gasteiger partial charge in [-0.15, -0.1) is 0 Å². The lowest BCUT2D eigenvalue weighted by atomic mass is 10.1. The van der Waals surface area contributed by atoms with Crippen molar-refractivity contribution >= 4 is 28.0 Å². The summed E-state index contributed by atoms with van der Waals surface area (Å²) in [7, 11) is 3.20. The molecule has 7 heteroatoms. The van der Waals surface area contributed by atoms with E-state index in [0.717, 1.165) is 29.4 Å². The summed E-state index contributed by atoms with van der Waals surface area (Å²) in [5.41, 5.74) is 3.41. The maximum Gasteiger partial charge on any atom is 0.295 e. The molecule has 0 aliphatic heterocycles. The number of hydrogen-bond donors (Lipinski definition) is 1. The van der Waals surface area contributed by atoms with E-state index >= 15 is 0 Å². The Morgan fingerprint density at radius 3 is 2.48 bits per heavy atom. The van der Waals surface area contributed by atoms with Crippen LogP contribution < -0.4 is 19.5 Å². The molecule has 0 radical (unpaired) electrons. The number of fused-ring (bicyclic) bond motifs is 2. The van der Waals surface area contributed by atoms with Gasteiger partial charge in [-0.3, -0.25) is 4.98 Å². The maximum atomic E-state index is 6.18. The van der Waals surface area contributed by atoms with Gasteiger partial charge in [0.1, 0.15) is 17.0 Å². The predicted octanol–water partition coefficient (Wildman–Crippen LogP) is 5.84. The molecule has 0 spiro atoms. The molecule has 5 aromatic rings. The summed E-state index contributed by atoms with van der Waals surface area (Å²) in [5.74, 6) is 2.52. The quantitative estimate of drug-likeness (QED) is 0.324. The summed E-state index contributed by atoms with van der Waals surface area (Å²) in [5, 5.41) is 4.06. The molecule has 0 amide bonds. The molecule has 5 rings (SSSR count). The van der Waals surface area contributed by atoms with Crippen LogP contribution in [0.1, 0.15) is 5.56 Å². The lowest BCUT2D eigenvalue weighted by Crippen LogP contribution is -2.04. The van der Waals surface area contributed by atoms with E-state index in [1.165, 1.54) is 5.56 Å². The van der Waals surface area contributed by atoms with Gasteiger partial charge in [0.25, 0.3) is 6.01 Å². The fraction of sp³-hybridized carbons (Fsp3) is 0.154. The average molecular weight is 441 g/mol. The highest BCUT2D eigenvalue weighted by Gasteiger charge is 2.13. The first-order chi connectivity index (χ1) is 16.2. The minimum Gasteiger partial charge on any atom is -0.493 e. The third-order valence-electron chi connectivity index (χ3n) is 5.33. The van der Waals surface area contributed by atoms with Crippen molar-refractivity contribution in [1.29, 1.82) is 0 Å². The van der Waals surface area contributed by atoms with Gasteiger partial charge < -0.3 is 23.9 Å². The molecule has 0 unspecified atom stereocenters. The topological polar surface area (TPSA) is 78.6 Å². The summed E-state index contributed by atoms with van der Waals surface area (Å²) in [6.45, 7) is 0.731. The molecule has 1 N–H and O–H groups in total. The minimum absolute atomic E-state index is 0.490. The second-order valence-corrected chi connectivity index (χ2v) is 7.45. The number of rotatable bonds is 8. The Bertz CT molecular complexity index is 1400. The van der Waals surface area contributed by atoms with E-state index in [1.807, 2.05) is 54.6 Å². The summed E-state index contributed by atoms with van der Waals surface area (Å²) < 4.78 is 22.9. The normalized spacial score (nSPS) is 11.0. The predicted molar refractivity (Wildman–Crippen MR) is 128 cm³/mol. The number of nitrogens with zero attached hydrogens (tertiary/aromatic N) is 2. The van der Waals surface area contributed by atoms with E-state index in [0.29, 0.717) is 34.6 Å². The van der Waals surface area contributed by atoms with Crippen LogP contribution in [0.4, 0.5) is 6.01 Å². The molecule has 7 nitrogen and oxygen atoms in total. The van der Waals surface area contributed by atoms with Gasteiger partial charge in [0.15, 0.2) is 17.1 Å². The first-order valence-corrected chi connectivity index (χ1v) is 10.6. The van der Waals surface area contributed by atoms with E-state index in [-0.39, 0.29) is 0 Å². The molecule has 3 aromatic carbocycles. The lowest BCUT2D eigenvalue weighted by Gasteiger charge is -2.12. The highest BCUT2D eigenvalue weighted by Crippen LogP contribution is 2.37. The van der Waals surface area contributed by atoms with Crippen LogP contribution in [0.15, 0.2) is 77.3 Å². The molecular weight excluding hydrogens is 418 g/mol. The molecular formula is C26H23N3O4. The molecule has 0 bridgehead atoms. The van der Waals surface area contributed by atoms with Crippen molar-refractivity contribution < 1.29 is 18.6 Å². The molecule has 33 heavy (non-hydrogen) atoms. The second-order valence-electron chi connectivity index (χ2n) is 7.45. The van der Waals surface area contributed by atoms with Gasteiger partial charge in [-0.2, -0.15) is 4.98 Å². The molecule has 0 saturated carbocycles. The number of ether oxygens (including phenoxy) is 3. The van der Waals surface area contributed by atoms with Crippen molar-refractivity contribution in [1.82, 2.24) is 9.97 Å². The van der Waals surface area contributed by atoms with E-state index in [9.17, 15) is 0 Å². The number of nitrogens with one attached hydrogen (secondary N) is 1.